The Hall–Kier alpha value is -3.85. The van der Waals surface area contributed by atoms with Crippen molar-refractivity contribution in [3.63, 3.8) is 0 Å². The van der Waals surface area contributed by atoms with Crippen molar-refractivity contribution in [3.05, 3.63) is 89.5 Å². The Morgan fingerprint density at radius 1 is 0.902 bits per heavy atom. The van der Waals surface area contributed by atoms with Gasteiger partial charge in [-0.15, -0.1) is 0 Å². The van der Waals surface area contributed by atoms with E-state index in [2.05, 4.69) is 5.32 Å². The monoisotopic (exact) mass is 577 g/mol. The highest BCUT2D eigenvalue weighted by molar-refractivity contribution is 7.92. The highest BCUT2D eigenvalue weighted by atomic mass is 32.2. The molecule has 1 aliphatic carbocycles. The molecule has 9 heteroatoms. The molecular weight excluding hydrogens is 538 g/mol. The molecule has 1 aliphatic rings. The van der Waals surface area contributed by atoms with Gasteiger partial charge in [-0.25, -0.2) is 8.42 Å². The SMILES string of the molecule is COc1ccc(N(CC(=O)N(Cc2ccc(C)cc2)C(C)C(=O)NC2CCCC2)S(=O)(=O)c2ccc(C)cc2)cc1. The first-order chi connectivity index (χ1) is 19.6. The number of sulfonamides is 1. The smallest absolute Gasteiger partial charge is 0.264 e. The van der Waals surface area contributed by atoms with E-state index in [0.717, 1.165) is 46.7 Å². The van der Waals surface area contributed by atoms with Crippen LogP contribution in [-0.2, 0) is 26.2 Å². The maximum absolute atomic E-state index is 14.1. The molecule has 0 spiro atoms. The number of nitrogens with zero attached hydrogens (tertiary/aromatic N) is 2. The van der Waals surface area contributed by atoms with Crippen LogP contribution in [0.1, 0.15) is 49.3 Å². The summed E-state index contributed by atoms with van der Waals surface area (Å²) < 4.78 is 34.2. The molecule has 0 heterocycles. The van der Waals surface area contributed by atoms with E-state index >= 15 is 0 Å². The Morgan fingerprint density at radius 3 is 2.02 bits per heavy atom. The van der Waals surface area contributed by atoms with Crippen LogP contribution in [0.5, 0.6) is 5.75 Å². The zero-order valence-electron chi connectivity index (χ0n) is 24.2. The molecule has 3 aromatic carbocycles. The summed E-state index contributed by atoms with van der Waals surface area (Å²) in [6, 6.07) is 20.1. The van der Waals surface area contributed by atoms with Gasteiger partial charge in [0.2, 0.25) is 11.8 Å². The molecule has 2 amide bonds. The van der Waals surface area contributed by atoms with E-state index in [1.54, 1.807) is 43.3 Å². The number of carbonyl (C=O) groups is 2. The van der Waals surface area contributed by atoms with Gasteiger partial charge in [-0.3, -0.25) is 13.9 Å². The number of nitrogens with one attached hydrogen (secondary N) is 1. The molecule has 0 bridgehead atoms. The third-order valence-corrected chi connectivity index (χ3v) is 9.38. The second-order valence-corrected chi connectivity index (χ2v) is 12.6. The fraction of sp³-hybridized carbons (Fsp3) is 0.375. The van der Waals surface area contributed by atoms with Crippen LogP contribution >= 0.6 is 0 Å². The minimum atomic E-state index is -4.12. The van der Waals surface area contributed by atoms with Crippen molar-refractivity contribution in [2.45, 2.75) is 70.0 Å². The van der Waals surface area contributed by atoms with Crippen LogP contribution in [-0.4, -0.2) is 50.9 Å². The highest BCUT2D eigenvalue weighted by Gasteiger charge is 2.33. The molecule has 1 atom stereocenters. The molecule has 4 rings (SSSR count). The standard InChI is InChI=1S/C32H39N3O5S/c1-23-9-13-26(14-10-23)21-34(25(3)32(37)33-27-7-5-6-8-27)31(36)22-35(28-15-17-29(40-4)18-16-28)41(38,39)30-19-11-24(2)12-20-30/h9-20,25,27H,5-8,21-22H2,1-4H3,(H,33,37). The van der Waals surface area contributed by atoms with Gasteiger partial charge in [0.15, 0.2) is 0 Å². The molecule has 8 nitrogen and oxygen atoms in total. The Labute approximate surface area is 243 Å². The maximum atomic E-state index is 14.1. The van der Waals surface area contributed by atoms with Crippen molar-refractivity contribution in [2.24, 2.45) is 0 Å². The summed E-state index contributed by atoms with van der Waals surface area (Å²) in [6.45, 7) is 5.24. The van der Waals surface area contributed by atoms with Crippen molar-refractivity contribution in [1.82, 2.24) is 10.2 Å². The van der Waals surface area contributed by atoms with Crippen molar-refractivity contribution in [2.75, 3.05) is 18.0 Å². The molecule has 1 saturated carbocycles. The van der Waals surface area contributed by atoms with Gasteiger partial charge in [-0.2, -0.15) is 0 Å². The average molecular weight is 578 g/mol. The summed E-state index contributed by atoms with van der Waals surface area (Å²) in [5.41, 5.74) is 3.16. The number of hydrogen-bond donors (Lipinski definition) is 1. The molecule has 41 heavy (non-hydrogen) atoms. The Morgan fingerprint density at radius 2 is 1.46 bits per heavy atom. The summed E-state index contributed by atoms with van der Waals surface area (Å²) in [4.78, 5) is 28.9. The van der Waals surface area contributed by atoms with Crippen LogP contribution < -0.4 is 14.4 Å². The Kier molecular flexibility index (Phi) is 9.70. The fourth-order valence-corrected chi connectivity index (χ4v) is 6.39. The Balaban J connectivity index is 1.68. The van der Waals surface area contributed by atoms with Crippen molar-refractivity contribution in [3.8, 4) is 5.75 Å². The number of rotatable bonds is 11. The van der Waals surface area contributed by atoms with E-state index in [9.17, 15) is 18.0 Å². The normalized spacial score (nSPS) is 14.3. The van der Waals surface area contributed by atoms with E-state index < -0.39 is 28.5 Å². The zero-order valence-corrected chi connectivity index (χ0v) is 25.0. The number of aryl methyl sites for hydroxylation is 2. The van der Waals surface area contributed by atoms with Gasteiger partial charge in [0.1, 0.15) is 18.3 Å². The van der Waals surface area contributed by atoms with Gasteiger partial charge < -0.3 is 15.0 Å². The minimum absolute atomic E-state index is 0.0730. The lowest BCUT2D eigenvalue weighted by Crippen LogP contribution is -2.52. The molecule has 0 aliphatic heterocycles. The van der Waals surface area contributed by atoms with E-state index in [4.69, 9.17) is 4.74 Å². The van der Waals surface area contributed by atoms with Gasteiger partial charge in [-0.1, -0.05) is 60.4 Å². The number of methoxy groups -OCH3 is 1. The predicted molar refractivity (Wildman–Crippen MR) is 160 cm³/mol. The molecule has 1 unspecified atom stereocenters. The van der Waals surface area contributed by atoms with Gasteiger partial charge in [-0.05, 0) is 75.6 Å². The van der Waals surface area contributed by atoms with Crippen LogP contribution in [0, 0.1) is 13.8 Å². The molecule has 0 radical (unpaired) electrons. The highest BCUT2D eigenvalue weighted by Crippen LogP contribution is 2.27. The zero-order chi connectivity index (χ0) is 29.6. The second kappa shape index (κ2) is 13.2. The minimum Gasteiger partial charge on any atom is -0.497 e. The summed E-state index contributed by atoms with van der Waals surface area (Å²) >= 11 is 0. The van der Waals surface area contributed by atoms with Crippen LogP contribution in [0.2, 0.25) is 0 Å². The van der Waals surface area contributed by atoms with Crippen molar-refractivity contribution < 1.29 is 22.7 Å². The Bertz CT molecular complexity index is 1430. The molecule has 3 aromatic rings. The first-order valence-electron chi connectivity index (χ1n) is 14.0. The molecular formula is C32H39N3O5S. The number of ether oxygens (including phenoxy) is 1. The maximum Gasteiger partial charge on any atom is 0.264 e. The number of anilines is 1. The van der Waals surface area contributed by atoms with Gasteiger partial charge >= 0.3 is 0 Å². The topological polar surface area (TPSA) is 96.0 Å². The molecule has 0 saturated heterocycles. The summed E-state index contributed by atoms with van der Waals surface area (Å²) in [5, 5.41) is 3.09. The first-order valence-corrected chi connectivity index (χ1v) is 15.4. The van der Waals surface area contributed by atoms with E-state index in [-0.39, 0.29) is 23.4 Å². The lowest BCUT2D eigenvalue weighted by atomic mass is 10.1. The third kappa shape index (κ3) is 7.47. The number of amides is 2. The van der Waals surface area contributed by atoms with Crippen LogP contribution in [0.25, 0.3) is 0 Å². The second-order valence-electron chi connectivity index (χ2n) is 10.7. The van der Waals surface area contributed by atoms with Gasteiger partial charge in [0.25, 0.3) is 10.0 Å². The number of benzene rings is 3. The lowest BCUT2D eigenvalue weighted by molar-refractivity contribution is -0.139. The third-order valence-electron chi connectivity index (χ3n) is 7.59. The van der Waals surface area contributed by atoms with E-state index in [0.29, 0.717) is 11.4 Å². The summed E-state index contributed by atoms with van der Waals surface area (Å²) in [7, 11) is -2.59. The largest absolute Gasteiger partial charge is 0.497 e. The van der Waals surface area contributed by atoms with Crippen molar-refractivity contribution >= 4 is 27.5 Å². The molecule has 1 N–H and O–H groups in total. The average Bonchev–Trinajstić information content (AvgIpc) is 3.48. The van der Waals surface area contributed by atoms with E-state index in [1.165, 1.54) is 24.1 Å². The fourth-order valence-electron chi connectivity index (χ4n) is 4.98. The molecule has 0 aromatic heterocycles. The van der Waals surface area contributed by atoms with Crippen LogP contribution in [0.15, 0.2) is 77.7 Å². The lowest BCUT2D eigenvalue weighted by Gasteiger charge is -2.32. The quantitative estimate of drug-likeness (QED) is 0.347. The molecule has 218 valence electrons. The predicted octanol–water partition coefficient (Wildman–Crippen LogP) is 4.98. The first kappa shape index (κ1) is 30.1. The van der Waals surface area contributed by atoms with Crippen molar-refractivity contribution in [1.29, 1.82) is 0 Å². The van der Waals surface area contributed by atoms with E-state index in [1.807, 2.05) is 38.1 Å². The van der Waals surface area contributed by atoms with Crippen LogP contribution in [0.4, 0.5) is 5.69 Å². The number of hydrogen-bond acceptors (Lipinski definition) is 5. The van der Waals surface area contributed by atoms with Crippen LogP contribution in [0.3, 0.4) is 0 Å². The molecule has 1 fully saturated rings. The number of carbonyl (C=O) groups excluding carboxylic acids is 2. The van der Waals surface area contributed by atoms with Gasteiger partial charge in [0, 0.05) is 12.6 Å². The summed E-state index contributed by atoms with van der Waals surface area (Å²) in [6.07, 6.45) is 3.98. The summed E-state index contributed by atoms with van der Waals surface area (Å²) in [5.74, 6) is -0.160. The van der Waals surface area contributed by atoms with Gasteiger partial charge in [0.05, 0.1) is 17.7 Å².